The molecule has 0 bridgehead atoms. The molecule has 1 aliphatic rings. The molecule has 12 heavy (non-hydrogen) atoms. The summed E-state index contributed by atoms with van der Waals surface area (Å²) in [6, 6.07) is 1.90. The monoisotopic (exact) mass is 184 g/mol. The van der Waals surface area contributed by atoms with Crippen molar-refractivity contribution in [3.05, 3.63) is 0 Å². The third-order valence-corrected chi connectivity index (χ3v) is 3.55. The molecule has 66 valence electrons. The average molecular weight is 184 g/mol. The average Bonchev–Trinajstić information content (AvgIpc) is 2.49. The zero-order valence-corrected chi connectivity index (χ0v) is 7.91. The quantitative estimate of drug-likeness (QED) is 0.649. The number of hydrogen-bond acceptors (Lipinski definition) is 3. The van der Waals surface area contributed by atoms with Crippen LogP contribution in [0, 0.1) is 11.3 Å². The Balaban J connectivity index is 2.45. The van der Waals surface area contributed by atoms with Crippen LogP contribution in [0.1, 0.15) is 19.8 Å². The lowest BCUT2D eigenvalue weighted by atomic mass is 10.1. The molecule has 0 aromatic rings. The molecule has 1 heterocycles. The zero-order valence-electron chi connectivity index (χ0n) is 7.09. The first-order valence-corrected chi connectivity index (χ1v) is 4.97. The van der Waals surface area contributed by atoms with Gasteiger partial charge < -0.3 is 5.32 Å². The molecule has 0 aliphatic carbocycles. The molecular weight excluding hydrogens is 172 g/mol. The Bertz CT molecular complexity index is 216. The number of amides is 1. The lowest BCUT2D eigenvalue weighted by molar-refractivity contribution is -0.122. The molecule has 1 aliphatic heterocycles. The van der Waals surface area contributed by atoms with E-state index in [2.05, 4.69) is 5.32 Å². The van der Waals surface area contributed by atoms with Gasteiger partial charge in [0, 0.05) is 0 Å². The number of carbonyl (C=O) groups excluding carboxylic acids is 1. The van der Waals surface area contributed by atoms with Crippen LogP contribution in [0.3, 0.4) is 0 Å². The summed E-state index contributed by atoms with van der Waals surface area (Å²) >= 11 is 1.68. The number of hydrogen-bond donors (Lipinski definition) is 1. The molecule has 1 fully saturated rings. The van der Waals surface area contributed by atoms with Gasteiger partial charge in [-0.15, -0.1) is 11.8 Å². The second-order valence-corrected chi connectivity index (χ2v) is 4.62. The second kappa shape index (κ2) is 3.81. The topological polar surface area (TPSA) is 52.9 Å². The van der Waals surface area contributed by atoms with Gasteiger partial charge in [-0.2, -0.15) is 5.26 Å². The van der Waals surface area contributed by atoms with Gasteiger partial charge in [-0.05, 0) is 25.5 Å². The number of nitrogens with one attached hydrogen (secondary N) is 1. The Hall–Kier alpha value is -0.690. The van der Waals surface area contributed by atoms with Crippen LogP contribution < -0.4 is 5.32 Å². The van der Waals surface area contributed by atoms with E-state index in [1.54, 1.807) is 11.8 Å². The van der Waals surface area contributed by atoms with Crippen LogP contribution in [0.2, 0.25) is 0 Å². The van der Waals surface area contributed by atoms with Gasteiger partial charge in [-0.3, -0.25) is 4.79 Å². The van der Waals surface area contributed by atoms with Crippen LogP contribution in [0.4, 0.5) is 0 Å². The maximum Gasteiger partial charge on any atom is 0.236 e. The van der Waals surface area contributed by atoms with Crippen molar-refractivity contribution < 1.29 is 4.79 Å². The maximum absolute atomic E-state index is 11.4. The normalized spacial score (nSPS) is 28.0. The zero-order chi connectivity index (χ0) is 9.03. The number of rotatable bonds is 2. The fourth-order valence-electron chi connectivity index (χ4n) is 1.26. The first-order chi connectivity index (χ1) is 5.69. The first-order valence-electron chi connectivity index (χ1n) is 3.98. The summed E-state index contributed by atoms with van der Waals surface area (Å²) < 4.78 is -0.281. The highest BCUT2D eigenvalue weighted by Gasteiger charge is 2.36. The van der Waals surface area contributed by atoms with Gasteiger partial charge in [-0.25, -0.2) is 0 Å². The van der Waals surface area contributed by atoms with Crippen LogP contribution >= 0.6 is 11.8 Å². The van der Waals surface area contributed by atoms with E-state index in [0.29, 0.717) is 0 Å². The van der Waals surface area contributed by atoms with Crippen molar-refractivity contribution in [2.75, 3.05) is 12.3 Å². The highest BCUT2D eigenvalue weighted by atomic mass is 32.2. The standard InChI is InChI=1S/C8H12N2OS/c1-8(3-2-6-12-8)7(11)10-5-4-9/h2-3,5-6H2,1H3,(H,10,11). The van der Waals surface area contributed by atoms with Crippen molar-refractivity contribution >= 4 is 17.7 Å². The van der Waals surface area contributed by atoms with E-state index >= 15 is 0 Å². The number of nitriles is 1. The van der Waals surface area contributed by atoms with Crippen molar-refractivity contribution in [1.29, 1.82) is 5.26 Å². The van der Waals surface area contributed by atoms with Crippen LogP contribution in [-0.2, 0) is 4.79 Å². The summed E-state index contributed by atoms with van der Waals surface area (Å²) in [5.41, 5.74) is 0. The summed E-state index contributed by atoms with van der Waals surface area (Å²) in [6.07, 6.45) is 2.02. The minimum Gasteiger partial charge on any atom is -0.342 e. The van der Waals surface area contributed by atoms with Crippen LogP contribution in [0.25, 0.3) is 0 Å². The van der Waals surface area contributed by atoms with Crippen molar-refractivity contribution in [3.63, 3.8) is 0 Å². The maximum atomic E-state index is 11.4. The van der Waals surface area contributed by atoms with Gasteiger partial charge in [0.1, 0.15) is 6.54 Å². The highest BCUT2D eigenvalue weighted by molar-refractivity contribution is 8.01. The molecule has 1 N–H and O–H groups in total. The molecule has 1 saturated heterocycles. The fraction of sp³-hybridized carbons (Fsp3) is 0.750. The van der Waals surface area contributed by atoms with Gasteiger partial charge >= 0.3 is 0 Å². The molecular formula is C8H12N2OS. The molecule has 0 spiro atoms. The molecule has 1 atom stereocenters. The molecule has 0 aromatic heterocycles. The van der Waals surface area contributed by atoms with Crippen molar-refractivity contribution in [1.82, 2.24) is 5.32 Å². The van der Waals surface area contributed by atoms with Gasteiger partial charge in [0.15, 0.2) is 0 Å². The third-order valence-electron chi connectivity index (χ3n) is 2.03. The number of nitrogens with zero attached hydrogens (tertiary/aromatic N) is 1. The summed E-state index contributed by atoms with van der Waals surface area (Å²) in [6.45, 7) is 2.06. The van der Waals surface area contributed by atoms with E-state index in [1.807, 2.05) is 13.0 Å². The highest BCUT2D eigenvalue weighted by Crippen LogP contribution is 2.37. The largest absolute Gasteiger partial charge is 0.342 e. The molecule has 0 saturated carbocycles. The van der Waals surface area contributed by atoms with Crippen LogP contribution in [0.15, 0.2) is 0 Å². The van der Waals surface area contributed by atoms with E-state index in [9.17, 15) is 4.79 Å². The summed E-state index contributed by atoms with van der Waals surface area (Å²) in [7, 11) is 0. The first kappa shape index (κ1) is 9.40. The second-order valence-electron chi connectivity index (χ2n) is 3.02. The van der Waals surface area contributed by atoms with E-state index in [-0.39, 0.29) is 17.2 Å². The molecule has 1 rings (SSSR count). The Morgan fingerprint density at radius 2 is 2.58 bits per heavy atom. The van der Waals surface area contributed by atoms with Crippen molar-refractivity contribution in [2.24, 2.45) is 0 Å². The predicted octanol–water partition coefficient (Wildman–Crippen LogP) is 0.912. The molecule has 4 heteroatoms. The SMILES string of the molecule is CC1(C(=O)NCC#N)CCCS1. The molecule has 0 radical (unpaired) electrons. The lowest BCUT2D eigenvalue weighted by Gasteiger charge is -2.20. The number of thioether (sulfide) groups is 1. The summed E-state index contributed by atoms with van der Waals surface area (Å²) in [5.74, 6) is 1.06. The number of carbonyl (C=O) groups is 1. The van der Waals surface area contributed by atoms with Crippen LogP contribution in [-0.4, -0.2) is 23.0 Å². The Morgan fingerprint density at radius 3 is 3.08 bits per heavy atom. The van der Waals surface area contributed by atoms with E-state index in [1.165, 1.54) is 0 Å². The molecule has 0 aromatic carbocycles. The van der Waals surface area contributed by atoms with Gasteiger partial charge in [0.05, 0.1) is 10.8 Å². The molecule has 1 amide bonds. The molecule has 3 nitrogen and oxygen atoms in total. The Kier molecular flexibility index (Phi) is 2.99. The van der Waals surface area contributed by atoms with E-state index in [4.69, 9.17) is 5.26 Å². The summed E-state index contributed by atoms with van der Waals surface area (Å²) in [4.78, 5) is 11.4. The third kappa shape index (κ3) is 1.92. The van der Waals surface area contributed by atoms with E-state index < -0.39 is 0 Å². The predicted molar refractivity (Wildman–Crippen MR) is 48.7 cm³/mol. The van der Waals surface area contributed by atoms with E-state index in [0.717, 1.165) is 18.6 Å². The van der Waals surface area contributed by atoms with Gasteiger partial charge in [0.25, 0.3) is 0 Å². The van der Waals surface area contributed by atoms with Gasteiger partial charge in [0.2, 0.25) is 5.91 Å². The van der Waals surface area contributed by atoms with Crippen molar-refractivity contribution in [2.45, 2.75) is 24.5 Å². The fourth-order valence-corrected chi connectivity index (χ4v) is 2.50. The smallest absolute Gasteiger partial charge is 0.236 e. The van der Waals surface area contributed by atoms with Crippen molar-refractivity contribution in [3.8, 4) is 6.07 Å². The Labute approximate surface area is 76.5 Å². The summed E-state index contributed by atoms with van der Waals surface area (Å²) in [5, 5.41) is 10.9. The van der Waals surface area contributed by atoms with Crippen LogP contribution in [0.5, 0.6) is 0 Å². The Morgan fingerprint density at radius 1 is 1.83 bits per heavy atom. The van der Waals surface area contributed by atoms with Gasteiger partial charge in [-0.1, -0.05) is 0 Å². The minimum absolute atomic E-state index is 0.00606. The minimum atomic E-state index is -0.281. The molecule has 1 unspecified atom stereocenters. The lowest BCUT2D eigenvalue weighted by Crippen LogP contribution is -2.40.